The third kappa shape index (κ3) is 2.92. The molecule has 1 saturated heterocycles. The van der Waals surface area contributed by atoms with E-state index in [1.165, 1.54) is 4.90 Å². The van der Waals surface area contributed by atoms with E-state index in [0.717, 1.165) is 0 Å². The number of nitrogens with one attached hydrogen (secondary N) is 1. The normalized spacial score (nSPS) is 21.9. The number of ether oxygens (including phenoxy) is 1. The van der Waals surface area contributed by atoms with Crippen molar-refractivity contribution in [1.29, 1.82) is 0 Å². The molecular formula is C16H18N2O5. The van der Waals surface area contributed by atoms with Crippen molar-refractivity contribution in [3.8, 4) is 5.75 Å². The SMILES string of the molecule is C[C@@H](O)COc1cccc2c1CN(C1CCC(=O)NC1=O)C2=O. The lowest BCUT2D eigenvalue weighted by Crippen LogP contribution is -2.52. The van der Waals surface area contributed by atoms with Gasteiger partial charge in [-0.05, 0) is 25.5 Å². The Morgan fingerprint density at radius 3 is 2.87 bits per heavy atom. The Bertz CT molecular complexity index is 670. The molecule has 122 valence electrons. The predicted octanol–water partition coefficient (Wildman–Crippen LogP) is 0.207. The first-order valence-corrected chi connectivity index (χ1v) is 7.55. The predicted molar refractivity (Wildman–Crippen MR) is 79.7 cm³/mol. The first kappa shape index (κ1) is 15.5. The van der Waals surface area contributed by atoms with Crippen LogP contribution in [0, 0.1) is 0 Å². The highest BCUT2D eigenvalue weighted by Gasteiger charge is 2.40. The summed E-state index contributed by atoms with van der Waals surface area (Å²) in [5, 5.41) is 11.6. The van der Waals surface area contributed by atoms with Crippen LogP contribution >= 0.6 is 0 Å². The van der Waals surface area contributed by atoms with Crippen LogP contribution in [0.15, 0.2) is 18.2 Å². The standard InChI is InChI=1S/C16H18N2O5/c1-9(19)8-23-13-4-2-3-10-11(13)7-18(16(10)22)12-5-6-14(20)17-15(12)21/h2-4,9,12,19H,5-8H2,1H3,(H,17,20,21)/t9-,12?/m1/s1. The van der Waals surface area contributed by atoms with Crippen LogP contribution in [0.25, 0.3) is 0 Å². The Hall–Kier alpha value is -2.41. The van der Waals surface area contributed by atoms with E-state index in [-0.39, 0.29) is 31.4 Å². The monoisotopic (exact) mass is 318 g/mol. The molecule has 1 unspecified atom stereocenters. The molecule has 0 radical (unpaired) electrons. The van der Waals surface area contributed by atoms with Gasteiger partial charge < -0.3 is 14.7 Å². The van der Waals surface area contributed by atoms with Gasteiger partial charge >= 0.3 is 0 Å². The van der Waals surface area contributed by atoms with E-state index in [1.54, 1.807) is 25.1 Å². The van der Waals surface area contributed by atoms with Crippen LogP contribution in [0.2, 0.25) is 0 Å². The fraction of sp³-hybridized carbons (Fsp3) is 0.438. The molecular weight excluding hydrogens is 300 g/mol. The van der Waals surface area contributed by atoms with Gasteiger partial charge in [0.05, 0.1) is 12.6 Å². The molecule has 2 N–H and O–H groups in total. The highest BCUT2D eigenvalue weighted by molar-refractivity contribution is 6.05. The number of aliphatic hydroxyl groups excluding tert-OH is 1. The lowest BCUT2D eigenvalue weighted by molar-refractivity contribution is -0.136. The van der Waals surface area contributed by atoms with Gasteiger partial charge in [-0.3, -0.25) is 19.7 Å². The van der Waals surface area contributed by atoms with Crippen LogP contribution in [0.1, 0.15) is 35.7 Å². The largest absolute Gasteiger partial charge is 0.491 e. The summed E-state index contributed by atoms with van der Waals surface area (Å²) in [6.45, 7) is 2.00. The van der Waals surface area contributed by atoms with Gasteiger partial charge in [0.25, 0.3) is 5.91 Å². The van der Waals surface area contributed by atoms with Crippen LogP contribution < -0.4 is 10.1 Å². The van der Waals surface area contributed by atoms with Crippen LogP contribution in [0.5, 0.6) is 5.75 Å². The maximum atomic E-state index is 12.6. The zero-order valence-corrected chi connectivity index (χ0v) is 12.7. The number of imide groups is 1. The molecule has 2 aliphatic heterocycles. The molecule has 1 fully saturated rings. The summed E-state index contributed by atoms with van der Waals surface area (Å²) in [6.07, 6.45) is -0.0647. The number of fused-ring (bicyclic) bond motifs is 1. The van der Waals surface area contributed by atoms with Gasteiger partial charge in [-0.25, -0.2) is 0 Å². The highest BCUT2D eigenvalue weighted by atomic mass is 16.5. The minimum atomic E-state index is -0.641. The van der Waals surface area contributed by atoms with Crippen LogP contribution in [-0.4, -0.2) is 46.5 Å². The molecule has 0 saturated carbocycles. The number of amides is 3. The molecule has 2 aliphatic rings. The Balaban J connectivity index is 1.82. The summed E-state index contributed by atoms with van der Waals surface area (Å²) < 4.78 is 5.55. The molecule has 23 heavy (non-hydrogen) atoms. The van der Waals surface area contributed by atoms with Crippen molar-refractivity contribution in [2.45, 2.75) is 38.5 Å². The number of benzene rings is 1. The second-order valence-electron chi connectivity index (χ2n) is 5.84. The molecule has 2 heterocycles. The number of rotatable bonds is 4. The van der Waals surface area contributed by atoms with Crippen molar-refractivity contribution < 1.29 is 24.2 Å². The summed E-state index contributed by atoms with van der Waals surface area (Å²) in [5.41, 5.74) is 1.21. The van der Waals surface area contributed by atoms with Gasteiger partial charge in [-0.15, -0.1) is 0 Å². The first-order chi connectivity index (χ1) is 11.0. The molecule has 3 amide bonds. The number of piperidine rings is 1. The average Bonchev–Trinajstić information content (AvgIpc) is 2.83. The van der Waals surface area contributed by atoms with E-state index >= 15 is 0 Å². The van der Waals surface area contributed by atoms with Gasteiger partial charge in [0, 0.05) is 17.5 Å². The second kappa shape index (κ2) is 6.00. The molecule has 1 aromatic carbocycles. The van der Waals surface area contributed by atoms with Gasteiger partial charge in [-0.2, -0.15) is 0 Å². The number of nitrogens with zero attached hydrogens (tertiary/aromatic N) is 1. The number of hydrogen-bond donors (Lipinski definition) is 2. The summed E-state index contributed by atoms with van der Waals surface area (Å²) in [6, 6.07) is 4.50. The third-order valence-corrected chi connectivity index (χ3v) is 4.02. The molecule has 0 aromatic heterocycles. The van der Waals surface area contributed by atoms with Crippen LogP contribution in [0.4, 0.5) is 0 Å². The number of hydrogen-bond acceptors (Lipinski definition) is 5. The van der Waals surface area contributed by atoms with E-state index in [4.69, 9.17) is 4.74 Å². The number of carbonyl (C=O) groups excluding carboxylic acids is 3. The molecule has 2 atom stereocenters. The fourth-order valence-corrected chi connectivity index (χ4v) is 2.90. The van der Waals surface area contributed by atoms with Crippen molar-refractivity contribution in [3.63, 3.8) is 0 Å². The summed E-state index contributed by atoms with van der Waals surface area (Å²) in [4.78, 5) is 37.3. The average molecular weight is 318 g/mol. The zero-order chi connectivity index (χ0) is 16.6. The quantitative estimate of drug-likeness (QED) is 0.774. The smallest absolute Gasteiger partial charge is 0.255 e. The van der Waals surface area contributed by atoms with Gasteiger partial charge in [-0.1, -0.05) is 6.07 Å². The molecule has 0 aliphatic carbocycles. The maximum absolute atomic E-state index is 12.6. The van der Waals surface area contributed by atoms with Crippen molar-refractivity contribution in [2.75, 3.05) is 6.61 Å². The number of aliphatic hydroxyl groups is 1. The van der Waals surface area contributed by atoms with Crippen molar-refractivity contribution in [3.05, 3.63) is 29.3 Å². The van der Waals surface area contributed by atoms with Crippen LogP contribution in [-0.2, 0) is 16.1 Å². The summed E-state index contributed by atoms with van der Waals surface area (Å²) >= 11 is 0. The minimum absolute atomic E-state index is 0.128. The Kier molecular flexibility index (Phi) is 4.04. The molecule has 0 bridgehead atoms. The Morgan fingerprint density at radius 1 is 1.39 bits per heavy atom. The van der Waals surface area contributed by atoms with Crippen LogP contribution in [0.3, 0.4) is 0 Å². The minimum Gasteiger partial charge on any atom is -0.491 e. The molecule has 7 heteroatoms. The fourth-order valence-electron chi connectivity index (χ4n) is 2.90. The first-order valence-electron chi connectivity index (χ1n) is 7.55. The van der Waals surface area contributed by atoms with Crippen molar-refractivity contribution in [1.82, 2.24) is 10.2 Å². The van der Waals surface area contributed by atoms with Crippen molar-refractivity contribution in [2.24, 2.45) is 0 Å². The lowest BCUT2D eigenvalue weighted by Gasteiger charge is -2.29. The summed E-state index contributed by atoms with van der Waals surface area (Å²) in [5.74, 6) is -0.450. The number of carbonyl (C=O) groups is 3. The highest BCUT2D eigenvalue weighted by Crippen LogP contribution is 2.33. The second-order valence-corrected chi connectivity index (χ2v) is 5.84. The summed E-state index contributed by atoms with van der Waals surface area (Å²) in [7, 11) is 0. The van der Waals surface area contributed by atoms with E-state index in [1.807, 2.05) is 0 Å². The van der Waals surface area contributed by atoms with Crippen molar-refractivity contribution >= 4 is 17.7 Å². The van der Waals surface area contributed by atoms with E-state index in [0.29, 0.717) is 23.3 Å². The molecule has 3 rings (SSSR count). The van der Waals surface area contributed by atoms with E-state index in [2.05, 4.69) is 5.32 Å². The van der Waals surface area contributed by atoms with Gasteiger partial charge in [0.15, 0.2) is 0 Å². The Morgan fingerprint density at radius 2 is 2.17 bits per heavy atom. The zero-order valence-electron chi connectivity index (χ0n) is 12.7. The van der Waals surface area contributed by atoms with Gasteiger partial charge in [0.1, 0.15) is 18.4 Å². The third-order valence-electron chi connectivity index (χ3n) is 4.02. The van der Waals surface area contributed by atoms with E-state index < -0.39 is 18.1 Å². The Labute approximate surface area is 133 Å². The molecule has 1 aromatic rings. The topological polar surface area (TPSA) is 95.9 Å². The lowest BCUT2D eigenvalue weighted by atomic mass is 10.0. The molecule has 7 nitrogen and oxygen atoms in total. The van der Waals surface area contributed by atoms with Gasteiger partial charge in [0.2, 0.25) is 11.8 Å². The molecule has 0 spiro atoms. The van der Waals surface area contributed by atoms with E-state index in [9.17, 15) is 19.5 Å². The maximum Gasteiger partial charge on any atom is 0.255 e.